The Morgan fingerprint density at radius 1 is 1.17 bits per heavy atom. The SMILES string of the molecule is O.OBO.S.[KH]. The molecule has 0 aromatic rings. The number of rotatable bonds is 0. The van der Waals surface area contributed by atoms with Gasteiger partial charge in [-0.1, -0.05) is 0 Å². The zero-order chi connectivity index (χ0) is 2.71. The van der Waals surface area contributed by atoms with E-state index >= 15 is 0 Å². The minimum atomic E-state index is -0.750. The van der Waals surface area contributed by atoms with Crippen LogP contribution in [-0.4, -0.2) is 74.6 Å². The molecule has 3 nitrogen and oxygen atoms in total. The fraction of sp³-hybridized carbons (Fsp3) is 0. The first-order valence-corrected chi connectivity index (χ1v) is 0.632. The molecule has 0 unspecified atom stereocenters. The van der Waals surface area contributed by atoms with Gasteiger partial charge in [0.15, 0.2) is 0 Å². The van der Waals surface area contributed by atoms with Crippen molar-refractivity contribution >= 4 is 72.6 Å². The van der Waals surface area contributed by atoms with Crippen LogP contribution in [0.15, 0.2) is 0 Å². The normalized spacial score (nSPS) is 2.33. The van der Waals surface area contributed by atoms with Gasteiger partial charge in [0.05, 0.1) is 0 Å². The Morgan fingerprint density at radius 2 is 1.17 bits per heavy atom. The van der Waals surface area contributed by atoms with Crippen LogP contribution < -0.4 is 0 Å². The van der Waals surface area contributed by atoms with Crippen molar-refractivity contribution in [3.8, 4) is 0 Å². The molecule has 6 heavy (non-hydrogen) atoms. The predicted molar refractivity (Wildman–Crippen MR) is 32.7 cm³/mol. The molecule has 0 aromatic heterocycles. The van der Waals surface area contributed by atoms with Crippen LogP contribution >= 0.6 is 13.5 Å². The van der Waals surface area contributed by atoms with Gasteiger partial charge in [0.2, 0.25) is 0 Å². The number of hydrogen-bond donors (Lipinski definition) is 2. The van der Waals surface area contributed by atoms with Crippen molar-refractivity contribution in [2.75, 3.05) is 0 Å². The second-order valence-electron chi connectivity index (χ2n) is 0.141. The summed E-state index contributed by atoms with van der Waals surface area (Å²) < 4.78 is 0. The molecule has 0 aliphatic heterocycles. The van der Waals surface area contributed by atoms with E-state index in [1.807, 2.05) is 0 Å². The van der Waals surface area contributed by atoms with Gasteiger partial charge < -0.3 is 15.5 Å². The van der Waals surface area contributed by atoms with Crippen LogP contribution in [0.25, 0.3) is 0 Å². The number of hydrogen-bond acceptors (Lipinski definition) is 2. The molecular formula is H8BKO3S. The third-order valence-corrected chi connectivity index (χ3v) is 0. The van der Waals surface area contributed by atoms with E-state index in [2.05, 4.69) is 0 Å². The van der Waals surface area contributed by atoms with Crippen LogP contribution in [0.5, 0.6) is 0 Å². The van der Waals surface area contributed by atoms with Gasteiger partial charge in [0.25, 0.3) is 0 Å². The molecule has 0 aliphatic carbocycles. The summed E-state index contributed by atoms with van der Waals surface area (Å²) in [5.74, 6) is 0. The summed E-state index contributed by atoms with van der Waals surface area (Å²) in [5, 5.41) is 14.2. The molecule has 36 valence electrons. The molecule has 0 saturated carbocycles. The van der Waals surface area contributed by atoms with Crippen molar-refractivity contribution in [2.45, 2.75) is 0 Å². The third kappa shape index (κ3) is 38.7. The monoisotopic (exact) mass is 138 g/mol. The molecule has 0 amide bonds. The first-order valence-electron chi connectivity index (χ1n) is 0.632. The maximum absolute atomic E-state index is 7.12. The van der Waals surface area contributed by atoms with Gasteiger partial charge in [-0.25, -0.2) is 0 Å². The van der Waals surface area contributed by atoms with Gasteiger partial charge in [-0.15, -0.1) is 0 Å². The van der Waals surface area contributed by atoms with Gasteiger partial charge in [-0.3, -0.25) is 0 Å². The van der Waals surface area contributed by atoms with E-state index in [0.29, 0.717) is 0 Å². The van der Waals surface area contributed by atoms with E-state index in [4.69, 9.17) is 10.0 Å². The summed E-state index contributed by atoms with van der Waals surface area (Å²) >= 11 is 0. The Morgan fingerprint density at radius 3 is 1.17 bits per heavy atom. The average molecular weight is 138 g/mol. The van der Waals surface area contributed by atoms with Crippen LogP contribution in [0.2, 0.25) is 0 Å². The first-order chi connectivity index (χ1) is 1.41. The fourth-order valence-corrected chi connectivity index (χ4v) is 0. The molecule has 0 heterocycles. The third-order valence-electron chi connectivity index (χ3n) is 0. The summed E-state index contributed by atoms with van der Waals surface area (Å²) in [7, 11) is -0.750. The Balaban J connectivity index is -0.00000000667. The first kappa shape index (κ1) is 24.7. The molecule has 0 radical (unpaired) electrons. The Kier molecular flexibility index (Phi) is 117. The van der Waals surface area contributed by atoms with Gasteiger partial charge in [-0.2, -0.15) is 13.5 Å². The van der Waals surface area contributed by atoms with Crippen LogP contribution in [0.4, 0.5) is 0 Å². The summed E-state index contributed by atoms with van der Waals surface area (Å²) in [5.41, 5.74) is 0. The fourth-order valence-electron chi connectivity index (χ4n) is 0. The summed E-state index contributed by atoms with van der Waals surface area (Å²) in [6, 6.07) is 0. The molecule has 0 aliphatic rings. The van der Waals surface area contributed by atoms with Crippen LogP contribution in [0.1, 0.15) is 0 Å². The van der Waals surface area contributed by atoms with Gasteiger partial charge in [0.1, 0.15) is 0 Å². The zero-order valence-electron chi connectivity index (χ0n) is 2.60. The van der Waals surface area contributed by atoms with Crippen molar-refractivity contribution in [3.05, 3.63) is 0 Å². The summed E-state index contributed by atoms with van der Waals surface area (Å²) in [4.78, 5) is 0. The van der Waals surface area contributed by atoms with Crippen molar-refractivity contribution in [1.29, 1.82) is 0 Å². The van der Waals surface area contributed by atoms with Crippen LogP contribution in [-0.2, 0) is 0 Å². The van der Waals surface area contributed by atoms with Crippen molar-refractivity contribution < 1.29 is 15.5 Å². The molecule has 4 N–H and O–H groups in total. The summed E-state index contributed by atoms with van der Waals surface area (Å²) in [6.45, 7) is 0. The molecule has 0 bridgehead atoms. The second kappa shape index (κ2) is 28.4. The predicted octanol–water partition coefficient (Wildman–Crippen LogP) is -3.12. The van der Waals surface area contributed by atoms with Gasteiger partial charge in [0, 0.05) is 0 Å². The maximum atomic E-state index is 7.12. The van der Waals surface area contributed by atoms with E-state index in [9.17, 15) is 0 Å². The van der Waals surface area contributed by atoms with E-state index in [0.717, 1.165) is 0 Å². The minimum absolute atomic E-state index is 0. The molecule has 0 saturated heterocycles. The van der Waals surface area contributed by atoms with E-state index in [1.54, 1.807) is 0 Å². The van der Waals surface area contributed by atoms with Crippen LogP contribution in [0, 0.1) is 0 Å². The van der Waals surface area contributed by atoms with Gasteiger partial charge in [-0.05, 0) is 0 Å². The molecule has 0 fully saturated rings. The average Bonchev–Trinajstić information content (AvgIpc) is 0.918. The molecule has 6 heteroatoms. The van der Waals surface area contributed by atoms with E-state index < -0.39 is 7.69 Å². The zero-order valence-corrected chi connectivity index (χ0v) is 3.60. The Hall–Kier alpha value is 1.93. The quantitative estimate of drug-likeness (QED) is 0.347. The van der Waals surface area contributed by atoms with Crippen LogP contribution in [0.3, 0.4) is 0 Å². The topological polar surface area (TPSA) is 72.0 Å². The van der Waals surface area contributed by atoms with Crippen molar-refractivity contribution in [1.82, 2.24) is 0 Å². The standard InChI is InChI=1S/BH3O2.K.H2O.H2S.H/c2-1-3;;;;/h1-3H;;2*1H2;. The van der Waals surface area contributed by atoms with Crippen molar-refractivity contribution in [3.63, 3.8) is 0 Å². The van der Waals surface area contributed by atoms with E-state index in [-0.39, 0.29) is 70.4 Å². The molecule has 0 aromatic carbocycles. The summed E-state index contributed by atoms with van der Waals surface area (Å²) in [6.07, 6.45) is 0. The second-order valence-corrected chi connectivity index (χ2v) is 0.141. The molecule has 0 rings (SSSR count). The molecule has 0 atom stereocenters. The Labute approximate surface area is 86.6 Å². The molecular weight excluding hydrogens is 130 g/mol. The van der Waals surface area contributed by atoms with Crippen molar-refractivity contribution in [2.24, 2.45) is 0 Å². The molecule has 0 spiro atoms. The van der Waals surface area contributed by atoms with Gasteiger partial charge >= 0.3 is 59.1 Å². The van der Waals surface area contributed by atoms with E-state index in [1.165, 1.54) is 0 Å². The Bertz CT molecular complexity index is 10.8.